The van der Waals surface area contributed by atoms with Crippen LogP contribution < -0.4 is 0 Å². The average Bonchev–Trinajstić information content (AvgIpc) is 3.27. The molecule has 0 aliphatic carbocycles. The van der Waals surface area contributed by atoms with Gasteiger partial charge in [0.1, 0.15) is 6.26 Å². The minimum atomic E-state index is 0.0342. The number of hydrogen-bond acceptors (Lipinski definition) is 6. The van der Waals surface area contributed by atoms with Crippen molar-refractivity contribution < 1.29 is 9.21 Å². The Morgan fingerprint density at radius 3 is 2.88 bits per heavy atom. The van der Waals surface area contributed by atoms with E-state index in [1.54, 1.807) is 22.8 Å². The Bertz CT molecular complexity index is 769. The van der Waals surface area contributed by atoms with E-state index >= 15 is 0 Å². The molecule has 0 aliphatic heterocycles. The number of tetrazole rings is 1. The topological polar surface area (TPSA) is 89.9 Å². The van der Waals surface area contributed by atoms with Crippen LogP contribution in [-0.2, 0) is 17.8 Å². The van der Waals surface area contributed by atoms with Crippen molar-refractivity contribution in [2.24, 2.45) is 0 Å². The van der Waals surface area contributed by atoms with Gasteiger partial charge in [-0.1, -0.05) is 18.2 Å². The molecule has 3 aromatic rings. The maximum atomic E-state index is 12.2. The number of amides is 1. The van der Waals surface area contributed by atoms with Crippen molar-refractivity contribution in [2.75, 3.05) is 7.05 Å². The third-order valence-electron chi connectivity index (χ3n) is 3.61. The molecule has 1 aromatic carbocycles. The molecule has 0 fully saturated rings. The van der Waals surface area contributed by atoms with Gasteiger partial charge in [0.25, 0.3) is 0 Å². The first-order chi connectivity index (χ1) is 11.7. The van der Waals surface area contributed by atoms with Gasteiger partial charge >= 0.3 is 0 Å². The number of carbonyl (C=O) groups excluding carboxylic acids is 1. The number of oxazole rings is 1. The van der Waals surface area contributed by atoms with E-state index in [1.165, 1.54) is 6.26 Å². The molecular formula is C16H18N6O2. The molecule has 2 aromatic heterocycles. The van der Waals surface area contributed by atoms with Gasteiger partial charge in [0.2, 0.25) is 11.8 Å². The Balaban J connectivity index is 1.52. The summed E-state index contributed by atoms with van der Waals surface area (Å²) in [6, 6.07) is 9.68. The van der Waals surface area contributed by atoms with E-state index in [0.717, 1.165) is 11.5 Å². The summed E-state index contributed by atoms with van der Waals surface area (Å²) in [5, 5.41) is 11.8. The van der Waals surface area contributed by atoms with Gasteiger partial charge in [0.05, 0.1) is 18.4 Å². The summed E-state index contributed by atoms with van der Waals surface area (Å²) in [6.07, 6.45) is 4.77. The van der Waals surface area contributed by atoms with E-state index in [0.29, 0.717) is 31.7 Å². The Morgan fingerprint density at radius 2 is 2.12 bits per heavy atom. The van der Waals surface area contributed by atoms with Gasteiger partial charge in [-0.3, -0.25) is 4.79 Å². The van der Waals surface area contributed by atoms with Gasteiger partial charge in [-0.05, 0) is 29.0 Å². The van der Waals surface area contributed by atoms with Crippen LogP contribution in [0.15, 0.2) is 47.2 Å². The molecule has 0 atom stereocenters. The highest BCUT2D eigenvalue weighted by Crippen LogP contribution is 2.10. The zero-order chi connectivity index (χ0) is 16.8. The van der Waals surface area contributed by atoms with E-state index in [-0.39, 0.29) is 5.91 Å². The third kappa shape index (κ3) is 3.83. The summed E-state index contributed by atoms with van der Waals surface area (Å²) in [6.45, 7) is 0.369. The van der Waals surface area contributed by atoms with Crippen molar-refractivity contribution in [3.63, 3.8) is 0 Å². The minimum Gasteiger partial charge on any atom is -0.447 e. The van der Waals surface area contributed by atoms with Crippen molar-refractivity contribution in [3.05, 3.63) is 54.5 Å². The molecule has 0 saturated carbocycles. The number of benzene rings is 1. The summed E-state index contributed by atoms with van der Waals surface area (Å²) in [5.41, 5.74) is 0.907. The van der Waals surface area contributed by atoms with Crippen LogP contribution in [0.3, 0.4) is 0 Å². The van der Waals surface area contributed by atoms with E-state index in [4.69, 9.17) is 4.42 Å². The zero-order valence-electron chi connectivity index (χ0n) is 13.4. The summed E-state index contributed by atoms with van der Waals surface area (Å²) in [7, 11) is 1.74. The van der Waals surface area contributed by atoms with Gasteiger partial charge in [-0.2, -0.15) is 4.68 Å². The standard InChI is InChI=1S/C16H18N6O2/c1-21(12-15-17-10-11-24-15)16(23)9-5-8-14-18-19-20-22(14)13-6-3-2-4-7-13/h2-4,6-7,10-11H,5,8-9,12H2,1H3. The van der Waals surface area contributed by atoms with Gasteiger partial charge in [0, 0.05) is 19.9 Å². The van der Waals surface area contributed by atoms with E-state index in [2.05, 4.69) is 20.5 Å². The molecule has 0 bridgehead atoms. The Hall–Kier alpha value is -3.03. The van der Waals surface area contributed by atoms with Crippen molar-refractivity contribution in [1.82, 2.24) is 30.1 Å². The molecule has 0 saturated heterocycles. The summed E-state index contributed by atoms with van der Waals surface area (Å²) < 4.78 is 6.84. The van der Waals surface area contributed by atoms with E-state index < -0.39 is 0 Å². The fourth-order valence-electron chi connectivity index (χ4n) is 2.34. The molecule has 24 heavy (non-hydrogen) atoms. The van der Waals surface area contributed by atoms with Gasteiger partial charge in [0.15, 0.2) is 5.82 Å². The first kappa shape index (κ1) is 15.9. The molecule has 3 rings (SSSR count). The van der Waals surface area contributed by atoms with E-state index in [9.17, 15) is 4.79 Å². The van der Waals surface area contributed by atoms with Crippen molar-refractivity contribution in [3.8, 4) is 5.69 Å². The van der Waals surface area contributed by atoms with Crippen molar-refractivity contribution >= 4 is 5.91 Å². The molecule has 0 aliphatic rings. The first-order valence-corrected chi connectivity index (χ1v) is 7.69. The number of nitrogens with zero attached hydrogens (tertiary/aromatic N) is 6. The number of para-hydroxylation sites is 1. The average molecular weight is 326 g/mol. The van der Waals surface area contributed by atoms with Crippen LogP contribution >= 0.6 is 0 Å². The minimum absolute atomic E-state index is 0.0342. The Kier molecular flexibility index (Phi) is 4.95. The lowest BCUT2D eigenvalue weighted by Crippen LogP contribution is -2.26. The second kappa shape index (κ2) is 7.49. The fourth-order valence-corrected chi connectivity index (χ4v) is 2.34. The van der Waals surface area contributed by atoms with Crippen LogP contribution in [0.25, 0.3) is 5.69 Å². The molecule has 1 amide bonds. The summed E-state index contributed by atoms with van der Waals surface area (Å²) in [4.78, 5) is 17.8. The smallest absolute Gasteiger partial charge is 0.222 e. The van der Waals surface area contributed by atoms with Crippen LogP contribution in [0.2, 0.25) is 0 Å². The van der Waals surface area contributed by atoms with Crippen LogP contribution in [-0.4, -0.2) is 43.0 Å². The number of hydrogen-bond donors (Lipinski definition) is 0. The van der Waals surface area contributed by atoms with Crippen LogP contribution in [0.5, 0.6) is 0 Å². The lowest BCUT2D eigenvalue weighted by Gasteiger charge is -2.14. The lowest BCUT2D eigenvalue weighted by molar-refractivity contribution is -0.130. The quantitative estimate of drug-likeness (QED) is 0.655. The van der Waals surface area contributed by atoms with Gasteiger partial charge in [-0.15, -0.1) is 5.10 Å². The molecule has 0 N–H and O–H groups in total. The molecule has 0 radical (unpaired) electrons. The van der Waals surface area contributed by atoms with Crippen LogP contribution in [0.1, 0.15) is 24.6 Å². The highest BCUT2D eigenvalue weighted by molar-refractivity contribution is 5.75. The normalized spacial score (nSPS) is 10.7. The fraction of sp³-hybridized carbons (Fsp3) is 0.312. The second-order valence-corrected chi connectivity index (χ2v) is 5.37. The molecule has 8 nitrogen and oxygen atoms in total. The Morgan fingerprint density at radius 1 is 1.29 bits per heavy atom. The van der Waals surface area contributed by atoms with Crippen LogP contribution in [0, 0.1) is 0 Å². The zero-order valence-corrected chi connectivity index (χ0v) is 13.4. The highest BCUT2D eigenvalue weighted by atomic mass is 16.3. The number of aromatic nitrogens is 5. The summed E-state index contributed by atoms with van der Waals surface area (Å²) in [5.74, 6) is 1.30. The second-order valence-electron chi connectivity index (χ2n) is 5.37. The number of aryl methyl sites for hydroxylation is 1. The molecule has 2 heterocycles. The van der Waals surface area contributed by atoms with Crippen molar-refractivity contribution in [1.29, 1.82) is 0 Å². The largest absolute Gasteiger partial charge is 0.447 e. The predicted molar refractivity (Wildman–Crippen MR) is 85.1 cm³/mol. The van der Waals surface area contributed by atoms with Crippen molar-refractivity contribution in [2.45, 2.75) is 25.8 Å². The molecule has 0 spiro atoms. The number of carbonyl (C=O) groups is 1. The van der Waals surface area contributed by atoms with Gasteiger partial charge < -0.3 is 9.32 Å². The lowest BCUT2D eigenvalue weighted by atomic mass is 10.2. The third-order valence-corrected chi connectivity index (χ3v) is 3.61. The number of rotatable bonds is 7. The Labute approximate surface area is 139 Å². The first-order valence-electron chi connectivity index (χ1n) is 7.69. The SMILES string of the molecule is CN(Cc1ncco1)C(=O)CCCc1nnnn1-c1ccccc1. The molecule has 8 heteroatoms. The highest BCUT2D eigenvalue weighted by Gasteiger charge is 2.13. The van der Waals surface area contributed by atoms with Gasteiger partial charge in [-0.25, -0.2) is 4.98 Å². The molecule has 124 valence electrons. The molecular weight excluding hydrogens is 308 g/mol. The van der Waals surface area contributed by atoms with E-state index in [1.807, 2.05) is 30.3 Å². The molecule has 0 unspecified atom stereocenters. The maximum absolute atomic E-state index is 12.2. The predicted octanol–water partition coefficient (Wildman–Crippen LogP) is 1.63. The maximum Gasteiger partial charge on any atom is 0.222 e. The summed E-state index contributed by atoms with van der Waals surface area (Å²) >= 11 is 0. The monoisotopic (exact) mass is 326 g/mol. The van der Waals surface area contributed by atoms with Crippen LogP contribution in [0.4, 0.5) is 0 Å².